The number of amides is 3. The van der Waals surface area contributed by atoms with Crippen molar-refractivity contribution in [3.63, 3.8) is 0 Å². The topological polar surface area (TPSA) is 90.0 Å². The number of urea groups is 1. The number of nitrogens with one attached hydrogen (secondary N) is 1. The average Bonchev–Trinajstić information content (AvgIpc) is 2.82. The Morgan fingerprint density at radius 1 is 1.35 bits per heavy atom. The fraction of sp³-hybridized carbons (Fsp3) is 0.769. The van der Waals surface area contributed by atoms with Crippen molar-refractivity contribution in [3.05, 3.63) is 0 Å². The molecule has 114 valence electrons. The van der Waals surface area contributed by atoms with Gasteiger partial charge in [0.2, 0.25) is 5.91 Å². The van der Waals surface area contributed by atoms with Crippen molar-refractivity contribution in [1.82, 2.24) is 15.1 Å². The quantitative estimate of drug-likeness (QED) is 0.743. The molecule has 1 aliphatic heterocycles. The summed E-state index contributed by atoms with van der Waals surface area (Å²) >= 11 is 0. The van der Waals surface area contributed by atoms with Gasteiger partial charge in [-0.2, -0.15) is 0 Å². The van der Waals surface area contributed by atoms with E-state index < -0.39 is 5.97 Å². The van der Waals surface area contributed by atoms with Crippen LogP contribution in [0.3, 0.4) is 0 Å². The molecule has 0 radical (unpaired) electrons. The number of likely N-dealkylation sites (N-methyl/N-ethyl adjacent to an activating group) is 2. The molecule has 1 aliphatic rings. The van der Waals surface area contributed by atoms with Gasteiger partial charge in [0.25, 0.3) is 0 Å². The van der Waals surface area contributed by atoms with Gasteiger partial charge in [0, 0.05) is 25.7 Å². The maximum atomic E-state index is 12.4. The molecule has 1 heterocycles. The van der Waals surface area contributed by atoms with Crippen LogP contribution in [0.1, 0.15) is 33.1 Å². The summed E-state index contributed by atoms with van der Waals surface area (Å²) in [5.74, 6) is -1.10. The SMILES string of the molecule is CCNC(=O)CN(CC)C(=O)N1CCCC1CC(=O)O. The van der Waals surface area contributed by atoms with Crippen LogP contribution in [0.15, 0.2) is 0 Å². The van der Waals surface area contributed by atoms with E-state index in [0.717, 1.165) is 6.42 Å². The summed E-state index contributed by atoms with van der Waals surface area (Å²) in [5.41, 5.74) is 0. The molecule has 7 heteroatoms. The average molecular weight is 285 g/mol. The van der Waals surface area contributed by atoms with Crippen LogP contribution in [0.25, 0.3) is 0 Å². The summed E-state index contributed by atoms with van der Waals surface area (Å²) in [4.78, 5) is 37.8. The third-order valence-corrected chi connectivity index (χ3v) is 3.39. The van der Waals surface area contributed by atoms with Gasteiger partial charge in [-0.3, -0.25) is 9.59 Å². The molecule has 0 bridgehead atoms. The van der Waals surface area contributed by atoms with Gasteiger partial charge in [0.05, 0.1) is 6.42 Å². The van der Waals surface area contributed by atoms with E-state index in [-0.39, 0.29) is 30.9 Å². The van der Waals surface area contributed by atoms with Crippen LogP contribution >= 0.6 is 0 Å². The molecule has 1 saturated heterocycles. The number of likely N-dealkylation sites (tertiary alicyclic amines) is 1. The number of carbonyl (C=O) groups excluding carboxylic acids is 2. The van der Waals surface area contributed by atoms with Crippen molar-refractivity contribution in [2.75, 3.05) is 26.2 Å². The third-order valence-electron chi connectivity index (χ3n) is 3.39. The zero-order chi connectivity index (χ0) is 15.1. The zero-order valence-corrected chi connectivity index (χ0v) is 12.1. The van der Waals surface area contributed by atoms with Crippen LogP contribution in [0.5, 0.6) is 0 Å². The molecule has 20 heavy (non-hydrogen) atoms. The normalized spacial score (nSPS) is 17.9. The largest absolute Gasteiger partial charge is 0.481 e. The van der Waals surface area contributed by atoms with Crippen molar-refractivity contribution in [3.8, 4) is 0 Å². The number of carboxylic acid groups (broad SMARTS) is 1. The second kappa shape index (κ2) is 7.72. The van der Waals surface area contributed by atoms with Gasteiger partial charge in [0.1, 0.15) is 6.54 Å². The molecule has 1 fully saturated rings. The summed E-state index contributed by atoms with van der Waals surface area (Å²) < 4.78 is 0. The van der Waals surface area contributed by atoms with Crippen LogP contribution < -0.4 is 5.32 Å². The van der Waals surface area contributed by atoms with Crippen LogP contribution in [-0.2, 0) is 9.59 Å². The Morgan fingerprint density at radius 3 is 2.60 bits per heavy atom. The minimum absolute atomic E-state index is 0.0134. The maximum Gasteiger partial charge on any atom is 0.320 e. The number of carboxylic acids is 1. The Balaban J connectivity index is 2.64. The zero-order valence-electron chi connectivity index (χ0n) is 12.1. The fourth-order valence-electron chi connectivity index (χ4n) is 2.42. The minimum Gasteiger partial charge on any atom is -0.481 e. The summed E-state index contributed by atoms with van der Waals surface area (Å²) in [7, 11) is 0. The Kier molecular flexibility index (Phi) is 6.27. The molecule has 1 atom stereocenters. The molecule has 0 saturated carbocycles. The maximum absolute atomic E-state index is 12.4. The molecule has 1 unspecified atom stereocenters. The second-order valence-electron chi connectivity index (χ2n) is 4.84. The molecular weight excluding hydrogens is 262 g/mol. The highest BCUT2D eigenvalue weighted by Crippen LogP contribution is 2.21. The number of rotatable bonds is 6. The standard InChI is InChI=1S/C13H23N3O4/c1-3-14-11(17)9-15(4-2)13(20)16-7-5-6-10(16)8-12(18)19/h10H,3-9H2,1-2H3,(H,14,17)(H,18,19). The van der Waals surface area contributed by atoms with E-state index in [1.165, 1.54) is 4.90 Å². The van der Waals surface area contributed by atoms with Crippen molar-refractivity contribution in [2.24, 2.45) is 0 Å². The van der Waals surface area contributed by atoms with Gasteiger partial charge < -0.3 is 20.2 Å². The monoisotopic (exact) mass is 285 g/mol. The lowest BCUT2D eigenvalue weighted by Crippen LogP contribution is -2.49. The Morgan fingerprint density at radius 2 is 2.05 bits per heavy atom. The predicted molar refractivity (Wildman–Crippen MR) is 73.3 cm³/mol. The molecule has 2 N–H and O–H groups in total. The Hall–Kier alpha value is -1.79. The Labute approximate surface area is 118 Å². The molecule has 7 nitrogen and oxygen atoms in total. The van der Waals surface area contributed by atoms with Crippen molar-refractivity contribution in [2.45, 2.75) is 39.2 Å². The van der Waals surface area contributed by atoms with E-state index in [1.54, 1.807) is 11.8 Å². The molecule has 0 aliphatic carbocycles. The van der Waals surface area contributed by atoms with E-state index in [0.29, 0.717) is 26.1 Å². The van der Waals surface area contributed by atoms with Gasteiger partial charge >= 0.3 is 12.0 Å². The van der Waals surface area contributed by atoms with Gasteiger partial charge in [-0.05, 0) is 26.7 Å². The lowest BCUT2D eigenvalue weighted by Gasteiger charge is -2.30. The Bertz CT molecular complexity index is 373. The molecule has 0 aromatic heterocycles. The summed E-state index contributed by atoms with van der Waals surface area (Å²) in [6.07, 6.45) is 1.48. The summed E-state index contributed by atoms with van der Waals surface area (Å²) in [6, 6.07) is -0.509. The number of nitrogens with zero attached hydrogens (tertiary/aromatic N) is 2. The molecule has 0 spiro atoms. The lowest BCUT2D eigenvalue weighted by atomic mass is 10.1. The van der Waals surface area contributed by atoms with E-state index in [4.69, 9.17) is 5.11 Å². The number of hydrogen-bond donors (Lipinski definition) is 2. The van der Waals surface area contributed by atoms with Gasteiger partial charge in [-0.25, -0.2) is 4.79 Å². The van der Waals surface area contributed by atoms with Gasteiger partial charge in [-0.1, -0.05) is 0 Å². The number of carbonyl (C=O) groups is 3. The molecule has 1 rings (SSSR count). The molecular formula is C13H23N3O4. The number of aliphatic carboxylic acids is 1. The van der Waals surface area contributed by atoms with Gasteiger partial charge in [0.15, 0.2) is 0 Å². The van der Waals surface area contributed by atoms with Crippen LogP contribution in [0, 0.1) is 0 Å². The van der Waals surface area contributed by atoms with Gasteiger partial charge in [-0.15, -0.1) is 0 Å². The van der Waals surface area contributed by atoms with Crippen LogP contribution in [0.2, 0.25) is 0 Å². The van der Waals surface area contributed by atoms with E-state index in [9.17, 15) is 14.4 Å². The van der Waals surface area contributed by atoms with E-state index in [2.05, 4.69) is 5.32 Å². The van der Waals surface area contributed by atoms with E-state index >= 15 is 0 Å². The third kappa shape index (κ3) is 4.40. The highest BCUT2D eigenvalue weighted by Gasteiger charge is 2.33. The highest BCUT2D eigenvalue weighted by atomic mass is 16.4. The molecule has 3 amide bonds. The number of hydrogen-bond acceptors (Lipinski definition) is 3. The second-order valence-corrected chi connectivity index (χ2v) is 4.84. The van der Waals surface area contributed by atoms with Crippen molar-refractivity contribution < 1.29 is 19.5 Å². The lowest BCUT2D eigenvalue weighted by molar-refractivity contribution is -0.138. The fourth-order valence-corrected chi connectivity index (χ4v) is 2.42. The first-order valence-corrected chi connectivity index (χ1v) is 7.03. The molecule has 0 aromatic carbocycles. The van der Waals surface area contributed by atoms with Crippen LogP contribution in [-0.4, -0.2) is 65.0 Å². The van der Waals surface area contributed by atoms with Crippen molar-refractivity contribution in [1.29, 1.82) is 0 Å². The van der Waals surface area contributed by atoms with Crippen LogP contribution in [0.4, 0.5) is 4.79 Å². The molecule has 0 aromatic rings. The first-order chi connectivity index (χ1) is 9.49. The predicted octanol–water partition coefficient (Wildman–Crippen LogP) is 0.504. The smallest absolute Gasteiger partial charge is 0.320 e. The highest BCUT2D eigenvalue weighted by molar-refractivity contribution is 5.84. The first-order valence-electron chi connectivity index (χ1n) is 7.03. The van der Waals surface area contributed by atoms with Crippen molar-refractivity contribution >= 4 is 17.9 Å². The minimum atomic E-state index is -0.901. The van der Waals surface area contributed by atoms with E-state index in [1.807, 2.05) is 6.92 Å². The first kappa shape index (κ1) is 16.3. The summed E-state index contributed by atoms with van der Waals surface area (Å²) in [6.45, 7) is 5.14. The summed E-state index contributed by atoms with van der Waals surface area (Å²) in [5, 5.41) is 11.5.